The molecule has 0 aromatic heterocycles. The summed E-state index contributed by atoms with van der Waals surface area (Å²) in [6.45, 7) is 6.86. The lowest BCUT2D eigenvalue weighted by molar-refractivity contribution is 0.177. The first-order chi connectivity index (χ1) is 8.60. The minimum absolute atomic E-state index is 0.302. The molecule has 1 aliphatic carbocycles. The smallest absolute Gasteiger partial charge is 0.0488 e. The van der Waals surface area contributed by atoms with E-state index in [0.717, 1.165) is 11.8 Å². The van der Waals surface area contributed by atoms with Crippen LogP contribution in [0.2, 0.25) is 0 Å². The van der Waals surface area contributed by atoms with Crippen molar-refractivity contribution in [2.75, 3.05) is 0 Å². The Bertz CT molecular complexity index is 361. The summed E-state index contributed by atoms with van der Waals surface area (Å²) in [6.07, 6.45) is 3.93. The molecule has 2 rings (SSSR count). The van der Waals surface area contributed by atoms with Crippen LogP contribution in [-0.2, 0) is 0 Å². The van der Waals surface area contributed by atoms with Crippen molar-refractivity contribution in [3.8, 4) is 0 Å². The van der Waals surface area contributed by atoms with Gasteiger partial charge in [-0.15, -0.1) is 0 Å². The fraction of sp³-hybridized carbons (Fsp3) is 0.625. The molecule has 0 saturated heterocycles. The van der Waals surface area contributed by atoms with Gasteiger partial charge in [0, 0.05) is 6.04 Å². The molecule has 1 fully saturated rings. The van der Waals surface area contributed by atoms with Crippen LogP contribution in [-0.4, -0.2) is 0 Å². The van der Waals surface area contributed by atoms with Gasteiger partial charge < -0.3 is 0 Å². The topological polar surface area (TPSA) is 38.0 Å². The molecule has 1 aliphatic rings. The lowest BCUT2D eigenvalue weighted by Crippen LogP contribution is -2.37. The molecule has 0 heterocycles. The van der Waals surface area contributed by atoms with Crippen LogP contribution in [0.15, 0.2) is 24.3 Å². The number of benzene rings is 1. The summed E-state index contributed by atoms with van der Waals surface area (Å²) >= 11 is 0. The molecule has 100 valence electrons. The van der Waals surface area contributed by atoms with E-state index in [1.165, 1.54) is 30.4 Å². The summed E-state index contributed by atoms with van der Waals surface area (Å²) < 4.78 is 0. The van der Waals surface area contributed by atoms with Crippen LogP contribution in [0.3, 0.4) is 0 Å². The van der Waals surface area contributed by atoms with E-state index in [2.05, 4.69) is 50.5 Å². The van der Waals surface area contributed by atoms with Crippen LogP contribution in [0.1, 0.15) is 50.3 Å². The Kier molecular flexibility index (Phi) is 4.41. The van der Waals surface area contributed by atoms with E-state index < -0.39 is 0 Å². The number of hydrogen-bond acceptors (Lipinski definition) is 2. The van der Waals surface area contributed by atoms with Crippen LogP contribution < -0.4 is 11.3 Å². The lowest BCUT2D eigenvalue weighted by Gasteiger charge is -2.36. The summed E-state index contributed by atoms with van der Waals surface area (Å²) in [5.74, 6) is 8.12. The SMILES string of the molecule is Cc1ccc(C(NN)C2CC(C)CC(C)C2)cc1. The minimum Gasteiger partial charge on any atom is -0.271 e. The largest absolute Gasteiger partial charge is 0.271 e. The molecule has 1 aromatic carbocycles. The zero-order valence-corrected chi connectivity index (χ0v) is 11.8. The molecule has 0 spiro atoms. The normalized spacial score (nSPS) is 30.1. The Labute approximate surface area is 111 Å². The van der Waals surface area contributed by atoms with Gasteiger partial charge >= 0.3 is 0 Å². The molecule has 3 atom stereocenters. The van der Waals surface area contributed by atoms with E-state index in [9.17, 15) is 0 Å². The third-order valence-electron chi connectivity index (χ3n) is 4.30. The summed E-state index contributed by atoms with van der Waals surface area (Å²) in [5.41, 5.74) is 5.68. The number of hydrogen-bond donors (Lipinski definition) is 2. The van der Waals surface area contributed by atoms with E-state index in [1.54, 1.807) is 0 Å². The van der Waals surface area contributed by atoms with Gasteiger partial charge in [0.1, 0.15) is 0 Å². The number of aryl methyl sites for hydroxylation is 1. The van der Waals surface area contributed by atoms with E-state index in [-0.39, 0.29) is 0 Å². The van der Waals surface area contributed by atoms with Gasteiger partial charge in [-0.25, -0.2) is 0 Å². The van der Waals surface area contributed by atoms with E-state index in [1.807, 2.05) is 0 Å². The highest BCUT2D eigenvalue weighted by Crippen LogP contribution is 2.39. The first-order valence-corrected chi connectivity index (χ1v) is 7.12. The van der Waals surface area contributed by atoms with Crippen LogP contribution in [0.4, 0.5) is 0 Å². The van der Waals surface area contributed by atoms with Crippen molar-refractivity contribution in [2.24, 2.45) is 23.6 Å². The van der Waals surface area contributed by atoms with Crippen molar-refractivity contribution in [3.63, 3.8) is 0 Å². The van der Waals surface area contributed by atoms with Gasteiger partial charge in [0.15, 0.2) is 0 Å². The Morgan fingerprint density at radius 2 is 1.61 bits per heavy atom. The Hall–Kier alpha value is -0.860. The van der Waals surface area contributed by atoms with Crippen molar-refractivity contribution < 1.29 is 0 Å². The van der Waals surface area contributed by atoms with Gasteiger partial charge in [-0.1, -0.05) is 43.7 Å². The maximum atomic E-state index is 5.81. The lowest BCUT2D eigenvalue weighted by atomic mass is 9.72. The van der Waals surface area contributed by atoms with Gasteiger partial charge in [-0.2, -0.15) is 0 Å². The van der Waals surface area contributed by atoms with Crippen molar-refractivity contribution in [3.05, 3.63) is 35.4 Å². The summed E-state index contributed by atoms with van der Waals surface area (Å²) in [5, 5.41) is 0. The van der Waals surface area contributed by atoms with Crippen LogP contribution in [0.25, 0.3) is 0 Å². The van der Waals surface area contributed by atoms with Crippen molar-refractivity contribution in [1.82, 2.24) is 5.43 Å². The number of rotatable bonds is 3. The van der Waals surface area contributed by atoms with E-state index in [4.69, 9.17) is 5.84 Å². The Balaban J connectivity index is 2.14. The fourth-order valence-corrected chi connectivity index (χ4v) is 3.56. The third-order valence-corrected chi connectivity index (χ3v) is 4.30. The highest BCUT2D eigenvalue weighted by molar-refractivity contribution is 5.24. The maximum absolute atomic E-state index is 5.81. The molecular formula is C16H26N2. The predicted molar refractivity (Wildman–Crippen MR) is 76.9 cm³/mol. The summed E-state index contributed by atoms with van der Waals surface area (Å²) in [4.78, 5) is 0. The minimum atomic E-state index is 0.302. The molecule has 3 unspecified atom stereocenters. The van der Waals surface area contributed by atoms with Gasteiger partial charge in [0.2, 0.25) is 0 Å². The highest BCUT2D eigenvalue weighted by Gasteiger charge is 2.30. The van der Waals surface area contributed by atoms with Crippen LogP contribution in [0.5, 0.6) is 0 Å². The van der Waals surface area contributed by atoms with Crippen molar-refractivity contribution in [1.29, 1.82) is 0 Å². The zero-order valence-electron chi connectivity index (χ0n) is 11.8. The van der Waals surface area contributed by atoms with Gasteiger partial charge in [-0.05, 0) is 49.5 Å². The summed E-state index contributed by atoms with van der Waals surface area (Å²) in [6, 6.07) is 9.08. The monoisotopic (exact) mass is 246 g/mol. The molecule has 0 aliphatic heterocycles. The van der Waals surface area contributed by atoms with Crippen molar-refractivity contribution in [2.45, 2.75) is 46.1 Å². The predicted octanol–water partition coefficient (Wildman–Crippen LogP) is 3.57. The summed E-state index contributed by atoms with van der Waals surface area (Å²) in [7, 11) is 0. The third kappa shape index (κ3) is 3.12. The molecule has 2 nitrogen and oxygen atoms in total. The molecule has 18 heavy (non-hydrogen) atoms. The molecule has 1 saturated carbocycles. The van der Waals surface area contributed by atoms with Gasteiger partial charge in [-0.3, -0.25) is 11.3 Å². The molecule has 0 amide bonds. The van der Waals surface area contributed by atoms with E-state index in [0.29, 0.717) is 12.0 Å². The Morgan fingerprint density at radius 1 is 1.06 bits per heavy atom. The number of hydrazine groups is 1. The fourth-order valence-electron chi connectivity index (χ4n) is 3.56. The average molecular weight is 246 g/mol. The molecular weight excluding hydrogens is 220 g/mol. The molecule has 0 radical (unpaired) electrons. The average Bonchev–Trinajstić information content (AvgIpc) is 2.31. The van der Waals surface area contributed by atoms with Gasteiger partial charge in [0.25, 0.3) is 0 Å². The first kappa shape index (κ1) is 13.6. The second-order valence-electron chi connectivity index (χ2n) is 6.23. The number of nitrogens with two attached hydrogens (primary N) is 1. The van der Waals surface area contributed by atoms with Gasteiger partial charge in [0.05, 0.1) is 0 Å². The quantitative estimate of drug-likeness (QED) is 0.632. The van der Waals surface area contributed by atoms with Crippen LogP contribution >= 0.6 is 0 Å². The number of nitrogens with one attached hydrogen (secondary N) is 1. The highest BCUT2D eigenvalue weighted by atomic mass is 15.2. The maximum Gasteiger partial charge on any atom is 0.0488 e. The second-order valence-corrected chi connectivity index (χ2v) is 6.23. The standard InChI is InChI=1S/C16H26N2/c1-11-4-6-14(7-5-11)16(18-17)15-9-12(2)8-13(3)10-15/h4-7,12-13,15-16,18H,8-10,17H2,1-3H3. The molecule has 0 bridgehead atoms. The Morgan fingerprint density at radius 3 is 2.11 bits per heavy atom. The second kappa shape index (κ2) is 5.85. The van der Waals surface area contributed by atoms with E-state index >= 15 is 0 Å². The van der Waals surface area contributed by atoms with Crippen LogP contribution in [0, 0.1) is 24.7 Å². The molecule has 2 heteroatoms. The zero-order chi connectivity index (χ0) is 13.1. The molecule has 1 aromatic rings. The molecule has 3 N–H and O–H groups in total. The first-order valence-electron chi connectivity index (χ1n) is 7.12. The van der Waals surface area contributed by atoms with Crippen molar-refractivity contribution >= 4 is 0 Å².